The number of benzene rings is 3. The van der Waals surface area contributed by atoms with Gasteiger partial charge < -0.3 is 25.5 Å². The summed E-state index contributed by atoms with van der Waals surface area (Å²) in [6, 6.07) is 23.5. The minimum Gasteiger partial charge on any atom is -0.403 e. The molecular weight excluding hydrogens is 713 g/mol. The highest BCUT2D eigenvalue weighted by Gasteiger charge is 2.20. The lowest BCUT2D eigenvalue weighted by Crippen LogP contribution is -2.24. The van der Waals surface area contributed by atoms with Crippen LogP contribution < -0.4 is 11.1 Å². The lowest BCUT2D eigenvalue weighted by Gasteiger charge is -2.25. The van der Waals surface area contributed by atoms with Gasteiger partial charge in [-0.1, -0.05) is 106 Å². The van der Waals surface area contributed by atoms with Gasteiger partial charge in [0.1, 0.15) is 11.6 Å². The Bertz CT molecular complexity index is 2240. The summed E-state index contributed by atoms with van der Waals surface area (Å²) in [4.78, 5) is 21.0. The average Bonchev–Trinajstić information content (AvgIpc) is 3.98. The molecule has 2 aliphatic rings. The van der Waals surface area contributed by atoms with Gasteiger partial charge in [0, 0.05) is 56.9 Å². The van der Waals surface area contributed by atoms with Crippen LogP contribution in [0.2, 0.25) is 0 Å². The van der Waals surface area contributed by atoms with E-state index in [0.29, 0.717) is 12.2 Å². The Morgan fingerprint density at radius 2 is 1.76 bits per heavy atom. The van der Waals surface area contributed by atoms with Crippen LogP contribution in [-0.2, 0) is 26.4 Å². The fourth-order valence-electron chi connectivity index (χ4n) is 6.93. The molecule has 5 aromatic rings. The number of aromatic nitrogens is 4. The summed E-state index contributed by atoms with van der Waals surface area (Å²) in [6.07, 6.45) is 18.7. The molecule has 0 unspecified atom stereocenters. The van der Waals surface area contributed by atoms with Gasteiger partial charge in [0.05, 0.1) is 34.3 Å². The number of aryl methyl sites for hydroxylation is 2. The molecule has 0 saturated heterocycles. The first kappa shape index (κ1) is 44.6. The van der Waals surface area contributed by atoms with Crippen LogP contribution in [0, 0.1) is 0 Å². The predicted molar refractivity (Wildman–Crippen MR) is 249 cm³/mol. The van der Waals surface area contributed by atoms with E-state index in [0.717, 1.165) is 103 Å². The van der Waals surface area contributed by atoms with Gasteiger partial charge in [-0.3, -0.25) is 4.99 Å². The van der Waals surface area contributed by atoms with Crippen molar-refractivity contribution in [3.8, 4) is 0 Å². The minimum absolute atomic E-state index is 0.667. The van der Waals surface area contributed by atoms with Gasteiger partial charge in [-0.15, -0.1) is 13.2 Å². The molecule has 2 aromatic heterocycles. The van der Waals surface area contributed by atoms with Gasteiger partial charge in [0.15, 0.2) is 0 Å². The molecule has 1 aliphatic heterocycles. The Kier molecular flexibility index (Phi) is 17.8. The molecule has 304 valence electrons. The molecule has 4 N–H and O–H groups in total. The zero-order chi connectivity index (χ0) is 41.9. The van der Waals surface area contributed by atoms with Crippen LogP contribution in [0.4, 0.5) is 0 Å². The van der Waals surface area contributed by atoms with E-state index >= 15 is 0 Å². The molecule has 0 amide bonds. The molecule has 3 aromatic carbocycles. The summed E-state index contributed by atoms with van der Waals surface area (Å²) in [6.45, 7) is 26.0. The molecule has 8 nitrogen and oxygen atoms in total. The number of fused-ring (bicyclic) bond motifs is 2. The minimum atomic E-state index is 0.667. The number of nitrogens with two attached hydrogens (primary N) is 1. The van der Waals surface area contributed by atoms with E-state index in [-0.39, 0.29) is 0 Å². The van der Waals surface area contributed by atoms with E-state index in [1.807, 2.05) is 6.20 Å². The number of aromatic amines is 1. The van der Waals surface area contributed by atoms with Crippen LogP contribution in [0.3, 0.4) is 0 Å². The summed E-state index contributed by atoms with van der Waals surface area (Å²) in [5, 5.41) is 2.96. The molecule has 58 heavy (non-hydrogen) atoms. The van der Waals surface area contributed by atoms with Crippen LogP contribution in [0.5, 0.6) is 0 Å². The quantitative estimate of drug-likeness (QED) is 0.0726. The third kappa shape index (κ3) is 12.7. The van der Waals surface area contributed by atoms with Crippen molar-refractivity contribution >= 4 is 33.4 Å². The highest BCUT2D eigenvalue weighted by Crippen LogP contribution is 2.31. The van der Waals surface area contributed by atoms with Gasteiger partial charge in [0.2, 0.25) is 0 Å². The molecule has 0 saturated carbocycles. The van der Waals surface area contributed by atoms with Gasteiger partial charge in [-0.05, 0) is 85.8 Å². The van der Waals surface area contributed by atoms with Gasteiger partial charge >= 0.3 is 0 Å². The summed E-state index contributed by atoms with van der Waals surface area (Å²) in [5.41, 5.74) is 18.1. The van der Waals surface area contributed by atoms with Crippen LogP contribution in [0.15, 0.2) is 152 Å². The van der Waals surface area contributed by atoms with Crippen molar-refractivity contribution in [2.75, 3.05) is 13.1 Å². The normalized spacial score (nSPS) is 12.8. The highest BCUT2D eigenvalue weighted by molar-refractivity contribution is 6.15. The number of allylic oxidation sites excluding steroid dienone is 7. The Labute approximate surface area is 347 Å². The molecule has 8 heteroatoms. The molecule has 3 heterocycles. The van der Waals surface area contributed by atoms with E-state index in [2.05, 4.69) is 159 Å². The largest absolute Gasteiger partial charge is 0.403 e. The molecule has 0 spiro atoms. The first-order valence-electron chi connectivity index (χ1n) is 20.5. The average molecular weight is 777 g/mol. The smallest absolute Gasteiger partial charge is 0.126 e. The fourth-order valence-corrected chi connectivity index (χ4v) is 6.93. The van der Waals surface area contributed by atoms with Crippen molar-refractivity contribution in [2.45, 2.75) is 78.7 Å². The van der Waals surface area contributed by atoms with Gasteiger partial charge in [0.25, 0.3) is 0 Å². The number of rotatable bonds is 15. The van der Waals surface area contributed by atoms with Crippen molar-refractivity contribution in [3.05, 3.63) is 176 Å². The van der Waals surface area contributed by atoms with E-state index in [4.69, 9.17) is 20.7 Å². The monoisotopic (exact) mass is 777 g/mol. The Morgan fingerprint density at radius 3 is 2.43 bits per heavy atom. The maximum absolute atomic E-state index is 5.11. The number of nitrogens with zero attached hydrogens (tertiary/aromatic N) is 5. The third-order valence-electron chi connectivity index (χ3n) is 9.73. The molecule has 0 bridgehead atoms. The maximum Gasteiger partial charge on any atom is 0.126 e. The van der Waals surface area contributed by atoms with Crippen molar-refractivity contribution in [2.24, 2.45) is 17.8 Å². The van der Waals surface area contributed by atoms with Crippen molar-refractivity contribution in [1.82, 2.24) is 29.7 Å². The van der Waals surface area contributed by atoms with Gasteiger partial charge in [-0.2, -0.15) is 0 Å². The fraction of sp³-hybridized carbons (Fsp3) is 0.300. The van der Waals surface area contributed by atoms with Crippen molar-refractivity contribution in [1.29, 1.82) is 0 Å². The van der Waals surface area contributed by atoms with Crippen LogP contribution >= 0.6 is 0 Å². The standard InChI is InChI=1S/C40H42N6.C5H11N.C3H7N.C2H4/c1-4-22-46(28(2)23-30-14-9-6-10-15-30)27-38-42-34-17-11-16-33(40(34)44-38)35-25-32(26-41-35)31-19-20-37-36(24-31)43-39(45(37)3)21-18-29-12-7-5-8-13-29;1-3-5-6-4-2;1-3(2)4;1-2/h6-7,9-17,19-20,24,26H,2,4-5,8,18,21-23,25,27H2,1,3H3,(H,42,44);4,6H,2-3,5H2,1H3;1,4H2,2H3;1-2H2. The Balaban J connectivity index is 0.000000549. The first-order valence-corrected chi connectivity index (χ1v) is 20.5. The Hall–Kier alpha value is -6.15. The van der Waals surface area contributed by atoms with Crippen LogP contribution in [-0.4, -0.2) is 43.2 Å². The van der Waals surface area contributed by atoms with Crippen molar-refractivity contribution < 1.29 is 0 Å². The second-order valence-electron chi connectivity index (χ2n) is 14.5. The molecule has 1 aliphatic carbocycles. The van der Waals surface area contributed by atoms with Crippen LogP contribution in [0.25, 0.3) is 27.6 Å². The topological polar surface area (TPSA) is 100 Å². The lowest BCUT2D eigenvalue weighted by molar-refractivity contribution is 0.324. The highest BCUT2D eigenvalue weighted by atomic mass is 15.2. The SMILES string of the molecule is C=C.C=C(C)N.C=C(Cc1ccccc1)N(CCC)Cc1nc2c(C3=NC=C(c4ccc5c(c4)nc(CCC4=CCCC=C4)n5C)C3)cccc2[nH]1.C=CNCCC. The maximum atomic E-state index is 5.11. The van der Waals surface area contributed by atoms with Crippen LogP contribution in [0.1, 0.15) is 87.6 Å². The molecule has 0 radical (unpaired) electrons. The van der Waals surface area contributed by atoms with E-state index < -0.39 is 0 Å². The first-order chi connectivity index (χ1) is 28.2. The molecule has 0 atom stereocenters. The summed E-state index contributed by atoms with van der Waals surface area (Å²) in [7, 11) is 2.13. The third-order valence-corrected chi connectivity index (χ3v) is 9.73. The van der Waals surface area contributed by atoms with E-state index in [9.17, 15) is 0 Å². The van der Waals surface area contributed by atoms with Crippen molar-refractivity contribution in [3.63, 3.8) is 0 Å². The number of nitrogens with one attached hydrogen (secondary N) is 2. The number of aliphatic imine (C=N–C) groups is 1. The predicted octanol–water partition coefficient (Wildman–Crippen LogP) is 11.3. The zero-order valence-corrected chi connectivity index (χ0v) is 35.4. The summed E-state index contributed by atoms with van der Waals surface area (Å²) in [5.74, 6) is 2.08. The molecular formula is C50H64N8. The van der Waals surface area contributed by atoms with E-state index in [1.165, 1.54) is 34.2 Å². The number of imidazole rings is 2. The van der Waals surface area contributed by atoms with E-state index in [1.54, 1.807) is 13.1 Å². The number of hydrogen-bond donors (Lipinski definition) is 3. The summed E-state index contributed by atoms with van der Waals surface area (Å²) >= 11 is 0. The zero-order valence-electron chi connectivity index (χ0n) is 35.4. The second kappa shape index (κ2) is 23.2. The summed E-state index contributed by atoms with van der Waals surface area (Å²) < 4.78 is 2.24. The number of para-hydroxylation sites is 1. The number of hydrogen-bond acceptors (Lipinski definition) is 6. The molecule has 7 rings (SSSR count). The lowest BCUT2D eigenvalue weighted by atomic mass is 9.98. The Morgan fingerprint density at radius 1 is 0.983 bits per heavy atom. The van der Waals surface area contributed by atoms with Gasteiger partial charge in [-0.25, -0.2) is 9.97 Å². The number of H-pyrrole nitrogens is 1. The molecule has 0 fully saturated rings. The second-order valence-corrected chi connectivity index (χ2v) is 14.5.